The summed E-state index contributed by atoms with van der Waals surface area (Å²) in [5.41, 5.74) is -0.841. The van der Waals surface area contributed by atoms with Crippen molar-refractivity contribution in [2.45, 2.75) is 36.7 Å². The van der Waals surface area contributed by atoms with Crippen molar-refractivity contribution < 1.29 is 13.2 Å². The maximum absolute atomic E-state index is 12.5. The first-order chi connectivity index (χ1) is 8.50. The minimum atomic E-state index is -4.38. The molecule has 1 aromatic heterocycles. The van der Waals surface area contributed by atoms with Gasteiger partial charge in [-0.1, -0.05) is 12.5 Å². The highest BCUT2D eigenvalue weighted by atomic mass is 32.2. The van der Waals surface area contributed by atoms with Crippen LogP contribution in [0.15, 0.2) is 18.2 Å². The molecule has 0 bridgehead atoms. The van der Waals surface area contributed by atoms with Gasteiger partial charge in [0.05, 0.1) is 0 Å². The van der Waals surface area contributed by atoms with Crippen LogP contribution in [-0.2, 0) is 6.18 Å². The lowest BCUT2D eigenvalue weighted by molar-refractivity contribution is -0.141. The summed E-state index contributed by atoms with van der Waals surface area (Å²) in [5.74, 6) is 0.316. The third kappa shape index (κ3) is 3.10. The van der Waals surface area contributed by atoms with E-state index in [1.165, 1.54) is 6.07 Å². The second kappa shape index (κ2) is 5.38. The monoisotopic (exact) mass is 276 g/mol. The number of hydrogen-bond acceptors (Lipinski definition) is 3. The summed E-state index contributed by atoms with van der Waals surface area (Å²) in [6.45, 7) is 0. The molecule has 1 saturated carbocycles. The van der Waals surface area contributed by atoms with Crippen LogP contribution in [0.4, 0.5) is 19.0 Å². The Morgan fingerprint density at radius 1 is 1.33 bits per heavy atom. The van der Waals surface area contributed by atoms with E-state index in [4.69, 9.17) is 0 Å². The molecule has 2 unspecified atom stereocenters. The lowest BCUT2D eigenvalue weighted by atomic mass is 10.2. The van der Waals surface area contributed by atoms with E-state index in [-0.39, 0.29) is 6.04 Å². The van der Waals surface area contributed by atoms with Gasteiger partial charge in [0.25, 0.3) is 0 Å². The molecule has 2 nitrogen and oxygen atoms in total. The lowest BCUT2D eigenvalue weighted by Gasteiger charge is -2.20. The van der Waals surface area contributed by atoms with Crippen LogP contribution < -0.4 is 5.32 Å². The SMILES string of the molecule is CSC1CCCC1Nc1cccc(C(F)(F)F)n1. The van der Waals surface area contributed by atoms with Crippen LogP contribution in [0.2, 0.25) is 0 Å². The highest BCUT2D eigenvalue weighted by Crippen LogP contribution is 2.32. The number of nitrogens with one attached hydrogen (secondary N) is 1. The summed E-state index contributed by atoms with van der Waals surface area (Å²) in [6.07, 6.45) is 0.861. The predicted molar refractivity (Wildman–Crippen MR) is 67.8 cm³/mol. The van der Waals surface area contributed by atoms with Gasteiger partial charge in [0.2, 0.25) is 0 Å². The Hall–Kier alpha value is -0.910. The summed E-state index contributed by atoms with van der Waals surface area (Å²) >= 11 is 1.76. The molecule has 1 aliphatic carbocycles. The molecule has 18 heavy (non-hydrogen) atoms. The van der Waals surface area contributed by atoms with Gasteiger partial charge >= 0.3 is 6.18 Å². The molecule has 2 rings (SSSR count). The van der Waals surface area contributed by atoms with Gasteiger partial charge in [-0.15, -0.1) is 0 Å². The largest absolute Gasteiger partial charge is 0.433 e. The van der Waals surface area contributed by atoms with E-state index in [0.717, 1.165) is 25.3 Å². The van der Waals surface area contributed by atoms with Crippen LogP contribution in [-0.4, -0.2) is 22.5 Å². The van der Waals surface area contributed by atoms with E-state index in [2.05, 4.69) is 10.3 Å². The van der Waals surface area contributed by atoms with Gasteiger partial charge in [0.1, 0.15) is 11.5 Å². The molecular formula is C12H15F3N2S. The van der Waals surface area contributed by atoms with Gasteiger partial charge in [-0.2, -0.15) is 24.9 Å². The van der Waals surface area contributed by atoms with Gasteiger partial charge in [-0.25, -0.2) is 4.98 Å². The summed E-state index contributed by atoms with van der Waals surface area (Å²) in [5, 5.41) is 3.58. The zero-order valence-electron chi connectivity index (χ0n) is 10.00. The maximum atomic E-state index is 12.5. The van der Waals surface area contributed by atoms with E-state index >= 15 is 0 Å². The summed E-state index contributed by atoms with van der Waals surface area (Å²) in [4.78, 5) is 3.63. The van der Waals surface area contributed by atoms with Crippen molar-refractivity contribution in [3.8, 4) is 0 Å². The molecule has 2 atom stereocenters. The highest BCUT2D eigenvalue weighted by Gasteiger charge is 2.33. The summed E-state index contributed by atoms with van der Waals surface area (Å²) < 4.78 is 37.6. The normalized spacial score (nSPS) is 24.2. The van der Waals surface area contributed by atoms with Crippen LogP contribution in [0.5, 0.6) is 0 Å². The van der Waals surface area contributed by atoms with Crippen LogP contribution in [0, 0.1) is 0 Å². The van der Waals surface area contributed by atoms with Gasteiger partial charge in [0.15, 0.2) is 0 Å². The Morgan fingerprint density at radius 3 is 2.78 bits per heavy atom. The van der Waals surface area contributed by atoms with Crippen molar-refractivity contribution in [1.82, 2.24) is 4.98 Å². The predicted octanol–water partition coefficient (Wildman–Crippen LogP) is 3.80. The van der Waals surface area contributed by atoms with Gasteiger partial charge in [0, 0.05) is 11.3 Å². The van der Waals surface area contributed by atoms with Crippen molar-refractivity contribution in [3.63, 3.8) is 0 Å². The molecule has 0 spiro atoms. The second-order valence-corrected chi connectivity index (χ2v) is 5.44. The molecule has 0 amide bonds. The van der Waals surface area contributed by atoms with Gasteiger partial charge < -0.3 is 5.32 Å². The molecule has 0 aromatic carbocycles. The Kier molecular flexibility index (Phi) is 4.04. The summed E-state index contributed by atoms with van der Waals surface area (Å²) in [7, 11) is 0. The second-order valence-electron chi connectivity index (χ2n) is 4.36. The number of alkyl halides is 3. The number of nitrogens with zero attached hydrogens (tertiary/aromatic N) is 1. The van der Waals surface area contributed by atoms with Crippen LogP contribution in [0.3, 0.4) is 0 Å². The van der Waals surface area contributed by atoms with E-state index in [0.29, 0.717) is 11.1 Å². The number of pyridine rings is 1. The molecule has 1 aliphatic rings. The fourth-order valence-electron chi connectivity index (χ4n) is 2.24. The molecule has 1 N–H and O–H groups in total. The van der Waals surface area contributed by atoms with Crippen molar-refractivity contribution in [1.29, 1.82) is 0 Å². The average molecular weight is 276 g/mol. The number of halogens is 3. The zero-order chi connectivity index (χ0) is 13.2. The molecule has 0 radical (unpaired) electrons. The van der Waals surface area contributed by atoms with Crippen molar-refractivity contribution in [3.05, 3.63) is 23.9 Å². The van der Waals surface area contributed by atoms with E-state index in [1.807, 2.05) is 6.26 Å². The maximum Gasteiger partial charge on any atom is 0.433 e. The molecule has 1 heterocycles. The molecule has 1 fully saturated rings. The molecule has 0 aliphatic heterocycles. The van der Waals surface area contributed by atoms with Gasteiger partial charge in [-0.3, -0.25) is 0 Å². The third-order valence-electron chi connectivity index (χ3n) is 3.13. The standard InChI is InChI=1S/C12H15F3N2S/c1-18-9-5-2-4-8(9)16-11-7-3-6-10(17-11)12(13,14)15/h3,6-9H,2,4-5H2,1H3,(H,16,17). The molecule has 6 heteroatoms. The quantitative estimate of drug-likeness (QED) is 0.909. The summed E-state index contributed by atoms with van der Waals surface area (Å²) in [6, 6.07) is 4.19. The average Bonchev–Trinajstić information content (AvgIpc) is 2.75. The van der Waals surface area contributed by atoms with Crippen molar-refractivity contribution >= 4 is 17.6 Å². The van der Waals surface area contributed by atoms with Crippen molar-refractivity contribution in [2.75, 3.05) is 11.6 Å². The number of aromatic nitrogens is 1. The Bertz CT molecular complexity index is 409. The van der Waals surface area contributed by atoms with Crippen LogP contribution in [0.25, 0.3) is 0 Å². The Morgan fingerprint density at radius 2 is 2.11 bits per heavy atom. The topological polar surface area (TPSA) is 24.9 Å². The molecule has 100 valence electrons. The Labute approximate surface area is 108 Å². The minimum absolute atomic E-state index is 0.219. The first-order valence-corrected chi connectivity index (χ1v) is 7.13. The Balaban J connectivity index is 2.10. The van der Waals surface area contributed by atoms with Crippen LogP contribution >= 0.6 is 11.8 Å². The van der Waals surface area contributed by atoms with Crippen LogP contribution in [0.1, 0.15) is 25.0 Å². The number of thioether (sulfide) groups is 1. The molecule has 1 aromatic rings. The fraction of sp³-hybridized carbons (Fsp3) is 0.583. The smallest absolute Gasteiger partial charge is 0.366 e. The first kappa shape index (κ1) is 13.5. The van der Waals surface area contributed by atoms with E-state index in [9.17, 15) is 13.2 Å². The van der Waals surface area contributed by atoms with E-state index in [1.54, 1.807) is 17.8 Å². The van der Waals surface area contributed by atoms with Crippen molar-refractivity contribution in [2.24, 2.45) is 0 Å². The number of rotatable bonds is 3. The van der Waals surface area contributed by atoms with Gasteiger partial charge in [-0.05, 0) is 31.2 Å². The van der Waals surface area contributed by atoms with E-state index < -0.39 is 11.9 Å². The lowest BCUT2D eigenvalue weighted by Crippen LogP contribution is -2.26. The third-order valence-corrected chi connectivity index (χ3v) is 4.30. The fourth-order valence-corrected chi connectivity index (χ4v) is 3.17. The minimum Gasteiger partial charge on any atom is -0.366 e. The number of hydrogen-bond donors (Lipinski definition) is 1. The molecule has 0 saturated heterocycles. The number of anilines is 1. The first-order valence-electron chi connectivity index (χ1n) is 5.84. The zero-order valence-corrected chi connectivity index (χ0v) is 10.8. The highest BCUT2D eigenvalue weighted by molar-refractivity contribution is 7.99. The molecular weight excluding hydrogens is 261 g/mol.